The number of hydrogen-bond donors (Lipinski definition) is 0. The van der Waals surface area contributed by atoms with Gasteiger partial charge in [0.2, 0.25) is 0 Å². The highest BCUT2D eigenvalue weighted by Gasteiger charge is 1.85. The minimum Gasteiger partial charge on any atom is -0.295 e. The largest absolute Gasteiger partial charge is 0.295 e. The first-order chi connectivity index (χ1) is 4.27. The molecule has 0 fully saturated rings. The summed E-state index contributed by atoms with van der Waals surface area (Å²) in [5, 5.41) is 0. The quantitative estimate of drug-likeness (QED) is 0.511. The van der Waals surface area contributed by atoms with Crippen molar-refractivity contribution < 1.29 is 0 Å². The molecule has 0 amide bonds. The van der Waals surface area contributed by atoms with Gasteiger partial charge in [-0.05, 0) is 5.92 Å². The zero-order valence-electron chi connectivity index (χ0n) is 6.33. The van der Waals surface area contributed by atoms with E-state index >= 15 is 0 Å². The lowest BCUT2D eigenvalue weighted by molar-refractivity contribution is 0.668. The molecule has 0 saturated heterocycles. The van der Waals surface area contributed by atoms with Crippen LogP contribution < -0.4 is 0 Å². The summed E-state index contributed by atoms with van der Waals surface area (Å²) >= 11 is 0. The molecule has 0 aliphatic rings. The average molecular weight is 126 g/mol. The second kappa shape index (κ2) is 5.48. The van der Waals surface area contributed by atoms with E-state index in [4.69, 9.17) is 0 Å². The molecule has 0 aliphatic heterocycles. The summed E-state index contributed by atoms with van der Waals surface area (Å²) in [7, 11) is 1.74. The topological polar surface area (TPSA) is 24.7 Å². The SMILES string of the molecule is CN=CC=NCC(C)C. The van der Waals surface area contributed by atoms with Crippen molar-refractivity contribution in [1.29, 1.82) is 0 Å². The van der Waals surface area contributed by atoms with E-state index in [9.17, 15) is 0 Å². The molecule has 0 aromatic carbocycles. The summed E-state index contributed by atoms with van der Waals surface area (Å²) < 4.78 is 0. The lowest BCUT2D eigenvalue weighted by Gasteiger charge is -1.94. The Hall–Kier alpha value is -0.660. The van der Waals surface area contributed by atoms with Gasteiger partial charge in [0.25, 0.3) is 0 Å². The van der Waals surface area contributed by atoms with Crippen LogP contribution in [-0.4, -0.2) is 26.0 Å². The van der Waals surface area contributed by atoms with Gasteiger partial charge in [-0.15, -0.1) is 0 Å². The monoisotopic (exact) mass is 126 g/mol. The van der Waals surface area contributed by atoms with Crippen molar-refractivity contribution in [1.82, 2.24) is 0 Å². The summed E-state index contributed by atoms with van der Waals surface area (Å²) in [4.78, 5) is 7.84. The van der Waals surface area contributed by atoms with Gasteiger partial charge < -0.3 is 0 Å². The van der Waals surface area contributed by atoms with E-state index in [1.807, 2.05) is 0 Å². The standard InChI is InChI=1S/C7H14N2/c1-7(2)6-9-5-4-8-3/h4-5,7H,6H2,1-3H3. The van der Waals surface area contributed by atoms with Crippen molar-refractivity contribution in [2.75, 3.05) is 13.6 Å². The van der Waals surface area contributed by atoms with Crippen molar-refractivity contribution in [3.63, 3.8) is 0 Å². The second-order valence-electron chi connectivity index (χ2n) is 2.32. The van der Waals surface area contributed by atoms with Gasteiger partial charge in [-0.3, -0.25) is 9.98 Å². The average Bonchev–Trinajstić information content (AvgIpc) is 1.80. The van der Waals surface area contributed by atoms with Crippen LogP contribution in [0.25, 0.3) is 0 Å². The first-order valence-electron chi connectivity index (χ1n) is 3.18. The molecule has 0 N–H and O–H groups in total. The molecule has 0 radical (unpaired) electrons. The van der Waals surface area contributed by atoms with Gasteiger partial charge >= 0.3 is 0 Å². The lowest BCUT2D eigenvalue weighted by Crippen LogP contribution is -1.92. The van der Waals surface area contributed by atoms with Crippen LogP contribution in [0, 0.1) is 5.92 Å². The minimum absolute atomic E-state index is 0.645. The summed E-state index contributed by atoms with van der Waals surface area (Å²) in [6, 6.07) is 0. The van der Waals surface area contributed by atoms with Crippen molar-refractivity contribution in [3.8, 4) is 0 Å². The van der Waals surface area contributed by atoms with Crippen LogP contribution in [0.3, 0.4) is 0 Å². The molecule has 0 spiro atoms. The summed E-state index contributed by atoms with van der Waals surface area (Å²) in [5.74, 6) is 0.645. The highest BCUT2D eigenvalue weighted by molar-refractivity contribution is 6.15. The first kappa shape index (κ1) is 8.34. The fourth-order valence-corrected chi connectivity index (χ4v) is 0.385. The van der Waals surface area contributed by atoms with E-state index in [1.54, 1.807) is 19.5 Å². The van der Waals surface area contributed by atoms with Crippen molar-refractivity contribution in [2.45, 2.75) is 13.8 Å². The summed E-state index contributed by atoms with van der Waals surface area (Å²) in [5.41, 5.74) is 0. The second-order valence-corrected chi connectivity index (χ2v) is 2.32. The number of aliphatic imine (C=N–C) groups is 2. The van der Waals surface area contributed by atoms with Crippen molar-refractivity contribution in [2.24, 2.45) is 15.9 Å². The fraction of sp³-hybridized carbons (Fsp3) is 0.714. The predicted octanol–water partition coefficient (Wildman–Crippen LogP) is 1.41. The Labute approximate surface area is 56.7 Å². The Bertz CT molecular complexity index is 103. The van der Waals surface area contributed by atoms with Crippen LogP contribution >= 0.6 is 0 Å². The van der Waals surface area contributed by atoms with Gasteiger partial charge in [0.1, 0.15) is 0 Å². The van der Waals surface area contributed by atoms with Gasteiger partial charge in [-0.1, -0.05) is 13.8 Å². The van der Waals surface area contributed by atoms with E-state index in [1.165, 1.54) is 0 Å². The molecule has 0 aliphatic carbocycles. The van der Waals surface area contributed by atoms with Crippen LogP contribution in [0.2, 0.25) is 0 Å². The molecule has 0 aromatic rings. The minimum atomic E-state index is 0.645. The smallest absolute Gasteiger partial charge is 0.0412 e. The molecule has 0 rings (SSSR count). The predicted molar refractivity (Wildman–Crippen MR) is 42.6 cm³/mol. The van der Waals surface area contributed by atoms with Crippen molar-refractivity contribution in [3.05, 3.63) is 0 Å². The molecule has 0 aromatic heterocycles. The third kappa shape index (κ3) is 7.34. The Morgan fingerprint density at radius 3 is 2.44 bits per heavy atom. The zero-order valence-corrected chi connectivity index (χ0v) is 6.33. The van der Waals surface area contributed by atoms with Crippen LogP contribution in [-0.2, 0) is 0 Å². The summed E-state index contributed by atoms with van der Waals surface area (Å²) in [6.07, 6.45) is 3.43. The van der Waals surface area contributed by atoms with Gasteiger partial charge in [-0.2, -0.15) is 0 Å². The van der Waals surface area contributed by atoms with Gasteiger partial charge in [0, 0.05) is 26.0 Å². The van der Waals surface area contributed by atoms with Gasteiger partial charge in [0.05, 0.1) is 0 Å². The molecular formula is C7H14N2. The van der Waals surface area contributed by atoms with Crippen LogP contribution in [0.4, 0.5) is 0 Å². The zero-order chi connectivity index (χ0) is 7.11. The third-order valence-electron chi connectivity index (χ3n) is 0.792. The fourth-order valence-electron chi connectivity index (χ4n) is 0.385. The van der Waals surface area contributed by atoms with Crippen LogP contribution in [0.1, 0.15) is 13.8 Å². The molecule has 9 heavy (non-hydrogen) atoms. The molecule has 2 heteroatoms. The van der Waals surface area contributed by atoms with Crippen LogP contribution in [0.5, 0.6) is 0 Å². The Morgan fingerprint density at radius 1 is 1.33 bits per heavy atom. The number of hydrogen-bond acceptors (Lipinski definition) is 2. The maximum absolute atomic E-state index is 4.09. The van der Waals surface area contributed by atoms with E-state index in [0.29, 0.717) is 5.92 Å². The van der Waals surface area contributed by atoms with E-state index < -0.39 is 0 Å². The Kier molecular flexibility index (Phi) is 5.07. The molecule has 0 heterocycles. The van der Waals surface area contributed by atoms with Crippen molar-refractivity contribution >= 4 is 12.4 Å². The maximum Gasteiger partial charge on any atom is 0.0412 e. The molecule has 0 bridgehead atoms. The Morgan fingerprint density at radius 2 is 2.00 bits per heavy atom. The van der Waals surface area contributed by atoms with E-state index in [0.717, 1.165) is 6.54 Å². The first-order valence-corrected chi connectivity index (χ1v) is 3.18. The lowest BCUT2D eigenvalue weighted by atomic mass is 10.2. The van der Waals surface area contributed by atoms with Gasteiger partial charge in [0.15, 0.2) is 0 Å². The normalized spacial score (nSPS) is 12.4. The van der Waals surface area contributed by atoms with Gasteiger partial charge in [-0.25, -0.2) is 0 Å². The third-order valence-corrected chi connectivity index (χ3v) is 0.792. The maximum atomic E-state index is 4.09. The summed E-state index contributed by atoms with van der Waals surface area (Å²) in [6.45, 7) is 5.17. The van der Waals surface area contributed by atoms with Crippen LogP contribution in [0.15, 0.2) is 9.98 Å². The van der Waals surface area contributed by atoms with E-state index in [2.05, 4.69) is 23.8 Å². The number of nitrogens with zero attached hydrogens (tertiary/aromatic N) is 2. The van der Waals surface area contributed by atoms with E-state index in [-0.39, 0.29) is 0 Å². The highest BCUT2D eigenvalue weighted by Crippen LogP contribution is 1.89. The highest BCUT2D eigenvalue weighted by atomic mass is 14.7. The number of rotatable bonds is 3. The molecule has 0 atom stereocenters. The molecule has 0 saturated carbocycles. The molecule has 52 valence electrons. The molecule has 0 unspecified atom stereocenters. The Balaban J connectivity index is 3.25. The molecule has 2 nitrogen and oxygen atoms in total. The molecular weight excluding hydrogens is 112 g/mol.